The fourth-order valence-electron chi connectivity index (χ4n) is 2.33. The normalized spacial score (nSPS) is 17.8. The number of nitrogens with zero attached hydrogens (tertiary/aromatic N) is 3. The lowest BCUT2D eigenvalue weighted by atomic mass is 10.1. The van der Waals surface area contributed by atoms with Gasteiger partial charge in [0.15, 0.2) is 11.7 Å². The first-order valence-corrected chi connectivity index (χ1v) is 8.75. The Kier molecular flexibility index (Phi) is 7.24. The standard InChI is InChI=1S/C17H29N5O3/c1-12(2)15-8-14(25-21-15)10-19-17(20-11-16(23)22(3)4)18-9-13-6-5-7-24-13/h8,12-13H,5-7,9-11H2,1-4H3,(H2,18,19,20). The summed E-state index contributed by atoms with van der Waals surface area (Å²) in [7, 11) is 3.43. The van der Waals surface area contributed by atoms with E-state index in [1.54, 1.807) is 14.1 Å². The number of aliphatic imine (C=N–C) groups is 1. The van der Waals surface area contributed by atoms with Gasteiger partial charge in [-0.1, -0.05) is 19.0 Å². The van der Waals surface area contributed by atoms with Crippen LogP contribution in [0.15, 0.2) is 15.6 Å². The van der Waals surface area contributed by atoms with Crippen molar-refractivity contribution in [2.45, 2.75) is 45.3 Å². The minimum absolute atomic E-state index is 0.0556. The van der Waals surface area contributed by atoms with Gasteiger partial charge in [-0.2, -0.15) is 0 Å². The van der Waals surface area contributed by atoms with Crippen molar-refractivity contribution in [3.63, 3.8) is 0 Å². The number of nitrogens with one attached hydrogen (secondary N) is 2. The maximum absolute atomic E-state index is 11.8. The van der Waals surface area contributed by atoms with E-state index in [1.165, 1.54) is 4.90 Å². The molecule has 2 heterocycles. The van der Waals surface area contributed by atoms with Gasteiger partial charge >= 0.3 is 0 Å². The van der Waals surface area contributed by atoms with E-state index in [1.807, 2.05) is 6.07 Å². The quantitative estimate of drug-likeness (QED) is 0.565. The Hall–Kier alpha value is -2.09. The van der Waals surface area contributed by atoms with Gasteiger partial charge in [0, 0.05) is 33.3 Å². The molecule has 1 unspecified atom stereocenters. The second-order valence-electron chi connectivity index (χ2n) is 6.70. The first kappa shape index (κ1) is 19.2. The van der Waals surface area contributed by atoms with Gasteiger partial charge in [0.05, 0.1) is 18.3 Å². The zero-order valence-electron chi connectivity index (χ0n) is 15.5. The van der Waals surface area contributed by atoms with Gasteiger partial charge < -0.3 is 24.8 Å². The maximum Gasteiger partial charge on any atom is 0.243 e. The number of rotatable bonds is 7. The second-order valence-corrected chi connectivity index (χ2v) is 6.70. The van der Waals surface area contributed by atoms with Crippen LogP contribution in [0.3, 0.4) is 0 Å². The van der Waals surface area contributed by atoms with E-state index in [0.29, 0.717) is 25.0 Å². The van der Waals surface area contributed by atoms with Crippen LogP contribution in [0, 0.1) is 0 Å². The zero-order chi connectivity index (χ0) is 18.2. The molecule has 140 valence electrons. The van der Waals surface area contributed by atoms with E-state index in [9.17, 15) is 4.79 Å². The van der Waals surface area contributed by atoms with Crippen molar-refractivity contribution in [2.24, 2.45) is 4.99 Å². The number of amides is 1. The molecule has 1 atom stereocenters. The number of carbonyl (C=O) groups excluding carboxylic acids is 1. The molecular formula is C17H29N5O3. The number of ether oxygens (including phenoxy) is 1. The number of guanidine groups is 1. The van der Waals surface area contributed by atoms with Crippen LogP contribution >= 0.6 is 0 Å². The summed E-state index contributed by atoms with van der Waals surface area (Å²) < 4.78 is 10.9. The van der Waals surface area contributed by atoms with Crippen molar-refractivity contribution in [1.29, 1.82) is 0 Å². The Bertz CT molecular complexity index is 577. The summed E-state index contributed by atoms with van der Waals surface area (Å²) in [5.41, 5.74) is 0.922. The first-order chi connectivity index (χ1) is 12.0. The van der Waals surface area contributed by atoms with Crippen molar-refractivity contribution in [3.05, 3.63) is 17.5 Å². The van der Waals surface area contributed by atoms with Crippen molar-refractivity contribution >= 4 is 11.9 Å². The van der Waals surface area contributed by atoms with Crippen molar-refractivity contribution in [3.8, 4) is 0 Å². The van der Waals surface area contributed by atoms with Crippen molar-refractivity contribution in [2.75, 3.05) is 33.8 Å². The molecule has 1 aliphatic rings. The zero-order valence-corrected chi connectivity index (χ0v) is 15.5. The molecule has 8 nitrogen and oxygen atoms in total. The summed E-state index contributed by atoms with van der Waals surface area (Å²) in [5.74, 6) is 1.56. The molecule has 8 heteroatoms. The molecule has 0 aromatic carbocycles. The van der Waals surface area contributed by atoms with Crippen LogP contribution in [-0.4, -0.2) is 61.8 Å². The summed E-state index contributed by atoms with van der Waals surface area (Å²) in [6.07, 6.45) is 2.31. The molecule has 0 saturated carbocycles. The largest absolute Gasteiger partial charge is 0.376 e. The van der Waals surface area contributed by atoms with Crippen molar-refractivity contribution in [1.82, 2.24) is 20.7 Å². The van der Waals surface area contributed by atoms with Gasteiger partial charge in [-0.25, -0.2) is 4.99 Å². The van der Waals surface area contributed by atoms with E-state index < -0.39 is 0 Å². The fourth-order valence-corrected chi connectivity index (χ4v) is 2.33. The molecule has 0 radical (unpaired) electrons. The number of carbonyl (C=O) groups is 1. The number of aromatic nitrogens is 1. The van der Waals surface area contributed by atoms with E-state index >= 15 is 0 Å². The van der Waals surface area contributed by atoms with Gasteiger partial charge in [0.1, 0.15) is 6.54 Å². The molecule has 25 heavy (non-hydrogen) atoms. The summed E-state index contributed by atoms with van der Waals surface area (Å²) >= 11 is 0. The van der Waals surface area contributed by atoms with E-state index in [0.717, 1.165) is 30.9 Å². The molecule has 2 N–H and O–H groups in total. The predicted molar refractivity (Wildman–Crippen MR) is 95.4 cm³/mol. The van der Waals surface area contributed by atoms with Crippen LogP contribution in [0.25, 0.3) is 0 Å². The summed E-state index contributed by atoms with van der Waals surface area (Å²) in [6.45, 7) is 6.14. The minimum Gasteiger partial charge on any atom is -0.376 e. The molecule has 1 aliphatic heterocycles. The van der Waals surface area contributed by atoms with Crippen LogP contribution in [0.2, 0.25) is 0 Å². The molecule has 0 bridgehead atoms. The highest BCUT2D eigenvalue weighted by molar-refractivity contribution is 5.84. The minimum atomic E-state index is -0.0556. The highest BCUT2D eigenvalue weighted by Crippen LogP contribution is 2.14. The van der Waals surface area contributed by atoms with E-state index in [-0.39, 0.29) is 18.6 Å². The third kappa shape index (κ3) is 6.38. The Labute approximate surface area is 149 Å². The Balaban J connectivity index is 1.91. The van der Waals surface area contributed by atoms with Crippen LogP contribution in [0.4, 0.5) is 0 Å². The fraction of sp³-hybridized carbons (Fsp3) is 0.706. The lowest BCUT2D eigenvalue weighted by Gasteiger charge is -2.15. The smallest absolute Gasteiger partial charge is 0.243 e. The topological polar surface area (TPSA) is 92.0 Å². The van der Waals surface area contributed by atoms with Crippen LogP contribution in [-0.2, 0) is 16.1 Å². The molecule has 0 spiro atoms. The Morgan fingerprint density at radius 3 is 2.84 bits per heavy atom. The van der Waals surface area contributed by atoms with Gasteiger partial charge in [0.25, 0.3) is 0 Å². The van der Waals surface area contributed by atoms with E-state index in [2.05, 4.69) is 34.6 Å². The molecule has 1 fully saturated rings. The molecule has 1 aromatic heterocycles. The van der Waals surface area contributed by atoms with Gasteiger partial charge in [-0.3, -0.25) is 4.79 Å². The lowest BCUT2D eigenvalue weighted by molar-refractivity contribution is -0.127. The predicted octanol–water partition coefficient (Wildman–Crippen LogP) is 1.10. The highest BCUT2D eigenvalue weighted by atomic mass is 16.5. The van der Waals surface area contributed by atoms with Crippen LogP contribution in [0.5, 0.6) is 0 Å². The number of hydrogen-bond acceptors (Lipinski definition) is 5. The molecule has 0 aliphatic carbocycles. The highest BCUT2D eigenvalue weighted by Gasteiger charge is 2.16. The Morgan fingerprint density at radius 2 is 2.24 bits per heavy atom. The van der Waals surface area contributed by atoms with Gasteiger partial charge in [-0.05, 0) is 18.8 Å². The lowest BCUT2D eigenvalue weighted by Crippen LogP contribution is -2.41. The number of hydrogen-bond donors (Lipinski definition) is 2. The SMILES string of the molecule is CC(C)c1cc(CNC(=NCC(=O)N(C)C)NCC2CCCO2)on1. The van der Waals surface area contributed by atoms with Gasteiger partial charge in [0.2, 0.25) is 5.91 Å². The average Bonchev–Trinajstić information content (AvgIpc) is 3.25. The summed E-state index contributed by atoms with van der Waals surface area (Å²) in [4.78, 5) is 17.6. The van der Waals surface area contributed by atoms with E-state index in [4.69, 9.17) is 9.26 Å². The Morgan fingerprint density at radius 1 is 1.44 bits per heavy atom. The molecule has 1 aromatic rings. The first-order valence-electron chi connectivity index (χ1n) is 8.75. The molecule has 1 amide bonds. The summed E-state index contributed by atoms with van der Waals surface area (Å²) in [6, 6.07) is 1.93. The van der Waals surface area contributed by atoms with Crippen molar-refractivity contribution < 1.29 is 14.1 Å². The third-order valence-corrected chi connectivity index (χ3v) is 3.99. The maximum atomic E-state index is 11.8. The van der Waals surface area contributed by atoms with Crippen LogP contribution in [0.1, 0.15) is 44.1 Å². The third-order valence-electron chi connectivity index (χ3n) is 3.99. The molecular weight excluding hydrogens is 322 g/mol. The van der Waals surface area contributed by atoms with Gasteiger partial charge in [-0.15, -0.1) is 0 Å². The molecule has 2 rings (SSSR count). The second kappa shape index (κ2) is 9.41. The summed E-state index contributed by atoms with van der Waals surface area (Å²) in [5, 5.41) is 10.5. The van der Waals surface area contributed by atoms with Crippen LogP contribution < -0.4 is 10.6 Å². The average molecular weight is 351 g/mol. The number of likely N-dealkylation sites (N-methyl/N-ethyl adjacent to an activating group) is 1. The molecule has 1 saturated heterocycles. The monoisotopic (exact) mass is 351 g/mol.